The lowest BCUT2D eigenvalue weighted by Crippen LogP contribution is -2.49. The van der Waals surface area contributed by atoms with E-state index in [-0.39, 0.29) is 36.1 Å². The molecule has 1 saturated heterocycles. The highest BCUT2D eigenvalue weighted by Crippen LogP contribution is 2.29. The normalized spacial score (nSPS) is 22.3. The summed E-state index contributed by atoms with van der Waals surface area (Å²) in [6, 6.07) is 6.99. The Bertz CT molecular complexity index is 754. The SMILES string of the molecule is O=C1CN(C(=O)c2ccc(CNC(=O)C3CCC(C(=O)O)CC3)cc2)CCN1. The van der Waals surface area contributed by atoms with Crippen LogP contribution in [0.25, 0.3) is 0 Å². The van der Waals surface area contributed by atoms with E-state index in [1.54, 1.807) is 24.3 Å². The molecule has 8 nitrogen and oxygen atoms in total. The van der Waals surface area contributed by atoms with Crippen molar-refractivity contribution in [2.75, 3.05) is 19.6 Å². The summed E-state index contributed by atoms with van der Waals surface area (Å²) in [6.07, 6.45) is 2.27. The number of hydrogen-bond acceptors (Lipinski definition) is 4. The molecule has 3 N–H and O–H groups in total. The summed E-state index contributed by atoms with van der Waals surface area (Å²) in [7, 11) is 0. The van der Waals surface area contributed by atoms with Crippen molar-refractivity contribution in [3.05, 3.63) is 35.4 Å². The summed E-state index contributed by atoms with van der Waals surface area (Å²) in [5.74, 6) is -1.64. The van der Waals surface area contributed by atoms with Gasteiger partial charge >= 0.3 is 5.97 Å². The number of carboxylic acids is 1. The van der Waals surface area contributed by atoms with E-state index < -0.39 is 5.97 Å². The Kier molecular flexibility index (Phi) is 6.28. The number of benzene rings is 1. The predicted molar refractivity (Wildman–Crippen MR) is 100 cm³/mol. The zero-order valence-corrected chi connectivity index (χ0v) is 15.6. The van der Waals surface area contributed by atoms with E-state index in [9.17, 15) is 19.2 Å². The molecule has 0 aromatic heterocycles. The fraction of sp³-hybridized carbons (Fsp3) is 0.500. The lowest BCUT2D eigenvalue weighted by Gasteiger charge is -2.26. The second-order valence-electron chi connectivity index (χ2n) is 7.38. The molecule has 2 aliphatic rings. The average Bonchev–Trinajstić information content (AvgIpc) is 2.72. The molecule has 8 heteroatoms. The van der Waals surface area contributed by atoms with Crippen molar-refractivity contribution in [1.29, 1.82) is 0 Å². The molecule has 0 unspecified atom stereocenters. The Morgan fingerprint density at radius 1 is 1.07 bits per heavy atom. The third kappa shape index (κ3) is 4.88. The summed E-state index contributed by atoms with van der Waals surface area (Å²) in [5.41, 5.74) is 1.39. The maximum atomic E-state index is 12.4. The molecule has 150 valence electrons. The van der Waals surface area contributed by atoms with Crippen molar-refractivity contribution in [3.63, 3.8) is 0 Å². The minimum absolute atomic E-state index is 0.0525. The minimum atomic E-state index is -0.779. The molecular weight excluding hydrogens is 362 g/mol. The first-order valence-corrected chi connectivity index (χ1v) is 9.59. The molecule has 3 amide bonds. The second kappa shape index (κ2) is 8.86. The molecule has 28 heavy (non-hydrogen) atoms. The van der Waals surface area contributed by atoms with E-state index in [2.05, 4.69) is 10.6 Å². The number of rotatable bonds is 5. The number of nitrogens with zero attached hydrogens (tertiary/aromatic N) is 1. The van der Waals surface area contributed by atoms with Gasteiger partial charge in [0.15, 0.2) is 0 Å². The van der Waals surface area contributed by atoms with Crippen molar-refractivity contribution in [2.45, 2.75) is 32.2 Å². The van der Waals surface area contributed by atoms with E-state index >= 15 is 0 Å². The summed E-state index contributed by atoms with van der Waals surface area (Å²) in [4.78, 5) is 48.7. The maximum Gasteiger partial charge on any atom is 0.306 e. The van der Waals surface area contributed by atoms with Gasteiger partial charge in [0.1, 0.15) is 0 Å². The number of aliphatic carboxylic acids is 1. The topological polar surface area (TPSA) is 116 Å². The Hall–Kier alpha value is -2.90. The number of carboxylic acid groups (broad SMARTS) is 1. The van der Waals surface area contributed by atoms with E-state index in [1.165, 1.54) is 4.90 Å². The van der Waals surface area contributed by atoms with Crippen LogP contribution in [-0.2, 0) is 20.9 Å². The van der Waals surface area contributed by atoms with Crippen LogP contribution in [0.3, 0.4) is 0 Å². The number of amides is 3. The van der Waals surface area contributed by atoms with E-state index in [0.717, 1.165) is 5.56 Å². The van der Waals surface area contributed by atoms with Gasteiger partial charge in [-0.3, -0.25) is 19.2 Å². The van der Waals surface area contributed by atoms with Gasteiger partial charge in [-0.15, -0.1) is 0 Å². The number of carbonyl (C=O) groups is 4. The summed E-state index contributed by atoms with van der Waals surface area (Å²) < 4.78 is 0. The molecule has 0 radical (unpaired) electrons. The lowest BCUT2D eigenvalue weighted by atomic mass is 9.81. The van der Waals surface area contributed by atoms with Gasteiger partial charge in [0.2, 0.25) is 11.8 Å². The van der Waals surface area contributed by atoms with Crippen LogP contribution in [0.4, 0.5) is 0 Å². The number of carbonyl (C=O) groups excluding carboxylic acids is 3. The average molecular weight is 387 g/mol. The first-order valence-electron chi connectivity index (χ1n) is 9.59. The van der Waals surface area contributed by atoms with Crippen LogP contribution in [0.2, 0.25) is 0 Å². The van der Waals surface area contributed by atoms with E-state index in [4.69, 9.17) is 5.11 Å². The smallest absolute Gasteiger partial charge is 0.306 e. The summed E-state index contributed by atoms with van der Waals surface area (Å²) >= 11 is 0. The number of nitrogens with one attached hydrogen (secondary N) is 2. The Morgan fingerprint density at radius 3 is 2.32 bits per heavy atom. The third-order valence-electron chi connectivity index (χ3n) is 5.44. The number of piperazine rings is 1. The van der Waals surface area contributed by atoms with Gasteiger partial charge in [0, 0.05) is 31.1 Å². The van der Waals surface area contributed by atoms with Crippen molar-refractivity contribution in [2.24, 2.45) is 11.8 Å². The van der Waals surface area contributed by atoms with Gasteiger partial charge in [0.25, 0.3) is 5.91 Å². The van der Waals surface area contributed by atoms with Crippen LogP contribution in [0.1, 0.15) is 41.6 Å². The third-order valence-corrected chi connectivity index (χ3v) is 5.44. The van der Waals surface area contributed by atoms with Crippen molar-refractivity contribution >= 4 is 23.7 Å². The molecule has 0 atom stereocenters. The van der Waals surface area contributed by atoms with Gasteiger partial charge in [-0.05, 0) is 43.4 Å². The van der Waals surface area contributed by atoms with Crippen LogP contribution < -0.4 is 10.6 Å². The van der Waals surface area contributed by atoms with Crippen molar-refractivity contribution in [1.82, 2.24) is 15.5 Å². The second-order valence-corrected chi connectivity index (χ2v) is 7.38. The first kappa shape index (κ1) is 19.9. The zero-order valence-electron chi connectivity index (χ0n) is 15.6. The quantitative estimate of drug-likeness (QED) is 0.690. The van der Waals surface area contributed by atoms with E-state index in [0.29, 0.717) is 50.9 Å². The Balaban J connectivity index is 1.48. The van der Waals surface area contributed by atoms with E-state index in [1.807, 2.05) is 0 Å². The monoisotopic (exact) mass is 387 g/mol. The Labute approximate surface area is 163 Å². The molecular formula is C20H25N3O5. The summed E-state index contributed by atoms with van der Waals surface area (Å²) in [6.45, 7) is 1.38. The molecule has 1 aromatic carbocycles. The van der Waals surface area contributed by atoms with Crippen LogP contribution in [-0.4, -0.2) is 53.3 Å². The largest absolute Gasteiger partial charge is 0.481 e. The molecule has 0 spiro atoms. The minimum Gasteiger partial charge on any atom is -0.481 e. The number of hydrogen-bond donors (Lipinski definition) is 3. The maximum absolute atomic E-state index is 12.4. The molecule has 1 aromatic rings. The van der Waals surface area contributed by atoms with Crippen LogP contribution in [0.15, 0.2) is 24.3 Å². The van der Waals surface area contributed by atoms with Crippen LogP contribution in [0, 0.1) is 11.8 Å². The van der Waals surface area contributed by atoms with Gasteiger partial charge < -0.3 is 20.6 Å². The molecule has 3 rings (SSSR count). The highest BCUT2D eigenvalue weighted by atomic mass is 16.4. The highest BCUT2D eigenvalue weighted by Gasteiger charge is 2.29. The van der Waals surface area contributed by atoms with Crippen molar-refractivity contribution in [3.8, 4) is 0 Å². The van der Waals surface area contributed by atoms with Crippen LogP contribution in [0.5, 0.6) is 0 Å². The molecule has 2 fully saturated rings. The molecule has 1 heterocycles. The highest BCUT2D eigenvalue weighted by molar-refractivity contribution is 5.97. The van der Waals surface area contributed by atoms with Crippen molar-refractivity contribution < 1.29 is 24.3 Å². The molecule has 1 aliphatic carbocycles. The predicted octanol–water partition coefficient (Wildman–Crippen LogP) is 0.766. The molecule has 0 bridgehead atoms. The standard InChI is InChI=1S/C20H25N3O5/c24-17-12-23(10-9-21-17)19(26)15-3-1-13(2-4-15)11-22-18(25)14-5-7-16(8-6-14)20(27)28/h1-4,14,16H,5-12H2,(H,21,24)(H,22,25)(H,27,28). The molecule has 1 aliphatic heterocycles. The summed E-state index contributed by atoms with van der Waals surface area (Å²) in [5, 5.41) is 14.6. The van der Waals surface area contributed by atoms with Gasteiger partial charge in [-0.2, -0.15) is 0 Å². The van der Waals surface area contributed by atoms with Gasteiger partial charge in [-0.1, -0.05) is 12.1 Å². The van der Waals surface area contributed by atoms with Crippen LogP contribution >= 0.6 is 0 Å². The fourth-order valence-electron chi connectivity index (χ4n) is 3.70. The molecule has 1 saturated carbocycles. The lowest BCUT2D eigenvalue weighted by molar-refractivity contribution is -0.144. The van der Waals surface area contributed by atoms with Gasteiger partial charge in [0.05, 0.1) is 12.5 Å². The first-order chi connectivity index (χ1) is 13.4. The Morgan fingerprint density at radius 2 is 1.71 bits per heavy atom. The fourth-order valence-corrected chi connectivity index (χ4v) is 3.70. The van der Waals surface area contributed by atoms with Gasteiger partial charge in [-0.25, -0.2) is 0 Å². The zero-order chi connectivity index (χ0) is 20.1.